The number of piperidine rings is 1. The summed E-state index contributed by atoms with van der Waals surface area (Å²) in [5.74, 6) is -0.421. The Morgan fingerprint density at radius 1 is 1.38 bits per heavy atom. The van der Waals surface area contributed by atoms with E-state index >= 15 is 0 Å². The molecule has 1 aliphatic heterocycles. The van der Waals surface area contributed by atoms with E-state index in [1.54, 1.807) is 29.2 Å². The Hall–Kier alpha value is -2.55. The third kappa shape index (κ3) is 4.98. The van der Waals surface area contributed by atoms with Crippen LogP contribution in [0.1, 0.15) is 39.2 Å². The van der Waals surface area contributed by atoms with E-state index < -0.39 is 5.60 Å². The molecule has 1 N–H and O–H groups in total. The van der Waals surface area contributed by atoms with E-state index in [9.17, 15) is 9.59 Å². The number of likely N-dealkylation sites (tertiary alicyclic amines) is 1. The van der Waals surface area contributed by atoms with Crippen LogP contribution in [-0.4, -0.2) is 35.6 Å². The lowest BCUT2D eigenvalue weighted by Crippen LogP contribution is -2.45. The Labute approximate surface area is 142 Å². The van der Waals surface area contributed by atoms with E-state index in [2.05, 4.69) is 5.32 Å². The first-order chi connectivity index (χ1) is 11.3. The van der Waals surface area contributed by atoms with E-state index in [1.807, 2.05) is 26.8 Å². The minimum absolute atomic E-state index is 0.140. The molecule has 1 aliphatic rings. The lowest BCUT2D eigenvalue weighted by molar-refractivity contribution is -0.121. The second kappa shape index (κ2) is 7.35. The molecular formula is C18H23N3O3. The van der Waals surface area contributed by atoms with E-state index in [1.165, 1.54) is 0 Å². The average Bonchev–Trinajstić information content (AvgIpc) is 2.53. The van der Waals surface area contributed by atoms with Gasteiger partial charge >= 0.3 is 6.09 Å². The number of anilines is 1. The number of nitrogens with one attached hydrogen (secondary N) is 1. The number of benzene rings is 1. The number of nitriles is 1. The quantitative estimate of drug-likeness (QED) is 0.903. The van der Waals surface area contributed by atoms with Crippen LogP contribution in [-0.2, 0) is 9.53 Å². The number of carbonyl (C=O) groups excluding carboxylic acids is 2. The second-order valence-electron chi connectivity index (χ2n) is 6.95. The monoisotopic (exact) mass is 329 g/mol. The van der Waals surface area contributed by atoms with Crippen molar-refractivity contribution in [3.05, 3.63) is 29.8 Å². The number of nitrogens with zero attached hydrogens (tertiary/aromatic N) is 2. The average molecular weight is 329 g/mol. The Kier molecular flexibility index (Phi) is 5.45. The fourth-order valence-electron chi connectivity index (χ4n) is 2.59. The van der Waals surface area contributed by atoms with Crippen molar-refractivity contribution in [2.45, 2.75) is 39.2 Å². The number of ether oxygens (including phenoxy) is 1. The number of carbonyl (C=O) groups is 2. The molecule has 0 aliphatic carbocycles. The molecule has 0 bridgehead atoms. The normalized spacial score (nSPS) is 17.8. The molecule has 2 rings (SSSR count). The van der Waals surface area contributed by atoms with Gasteiger partial charge in [0.05, 0.1) is 17.6 Å². The maximum absolute atomic E-state index is 12.4. The van der Waals surface area contributed by atoms with Crippen molar-refractivity contribution < 1.29 is 14.3 Å². The van der Waals surface area contributed by atoms with E-state index in [4.69, 9.17) is 10.00 Å². The fraction of sp³-hybridized carbons (Fsp3) is 0.500. The SMILES string of the molecule is CC(C)(C)OC(=O)N1CCCC(C(=O)Nc2cccc(C#N)c2)C1. The van der Waals surface area contributed by atoms with Crippen LogP contribution in [0, 0.1) is 17.2 Å². The van der Waals surface area contributed by atoms with Crippen LogP contribution in [0.4, 0.5) is 10.5 Å². The molecule has 6 heteroatoms. The molecule has 6 nitrogen and oxygen atoms in total. The Bertz CT molecular complexity index is 658. The molecule has 0 radical (unpaired) electrons. The summed E-state index contributed by atoms with van der Waals surface area (Å²) in [5.41, 5.74) is 0.532. The van der Waals surface area contributed by atoms with Crippen molar-refractivity contribution in [2.24, 2.45) is 5.92 Å². The van der Waals surface area contributed by atoms with Crippen molar-refractivity contribution in [3.8, 4) is 6.07 Å². The molecule has 2 amide bonds. The van der Waals surface area contributed by atoms with Gasteiger partial charge in [0.15, 0.2) is 0 Å². The summed E-state index contributed by atoms with van der Waals surface area (Å²) in [6.45, 7) is 6.41. The zero-order valence-electron chi connectivity index (χ0n) is 14.3. The minimum atomic E-state index is -0.552. The highest BCUT2D eigenvalue weighted by atomic mass is 16.6. The van der Waals surface area contributed by atoms with Gasteiger partial charge in [0.25, 0.3) is 0 Å². The van der Waals surface area contributed by atoms with Gasteiger partial charge in [-0.05, 0) is 51.8 Å². The van der Waals surface area contributed by atoms with Crippen LogP contribution in [0.15, 0.2) is 24.3 Å². The Morgan fingerprint density at radius 2 is 2.12 bits per heavy atom. The van der Waals surface area contributed by atoms with E-state index in [0.29, 0.717) is 24.3 Å². The number of amides is 2. The van der Waals surface area contributed by atoms with Crippen LogP contribution in [0.3, 0.4) is 0 Å². The van der Waals surface area contributed by atoms with Crippen molar-refractivity contribution in [1.29, 1.82) is 5.26 Å². The van der Waals surface area contributed by atoms with Crippen LogP contribution < -0.4 is 5.32 Å². The number of hydrogen-bond acceptors (Lipinski definition) is 4. The maximum atomic E-state index is 12.4. The standard InChI is InChI=1S/C18H23N3O3/c1-18(2,3)24-17(23)21-9-5-7-14(12-21)16(22)20-15-8-4-6-13(10-15)11-19/h4,6,8,10,14H,5,7,9,12H2,1-3H3,(H,20,22). The first-order valence-corrected chi connectivity index (χ1v) is 8.07. The molecule has 0 saturated carbocycles. The molecule has 1 saturated heterocycles. The van der Waals surface area contributed by atoms with Crippen LogP contribution in [0.25, 0.3) is 0 Å². The number of hydrogen-bond donors (Lipinski definition) is 1. The minimum Gasteiger partial charge on any atom is -0.444 e. The predicted molar refractivity (Wildman–Crippen MR) is 90.3 cm³/mol. The zero-order chi connectivity index (χ0) is 17.7. The zero-order valence-corrected chi connectivity index (χ0v) is 14.3. The van der Waals surface area contributed by atoms with Gasteiger partial charge in [-0.15, -0.1) is 0 Å². The van der Waals surface area contributed by atoms with Gasteiger partial charge in [-0.1, -0.05) is 6.07 Å². The van der Waals surface area contributed by atoms with Gasteiger partial charge in [-0.3, -0.25) is 4.79 Å². The number of rotatable bonds is 2. The van der Waals surface area contributed by atoms with Crippen molar-refractivity contribution >= 4 is 17.7 Å². The molecule has 1 heterocycles. The van der Waals surface area contributed by atoms with Crippen LogP contribution >= 0.6 is 0 Å². The highest BCUT2D eigenvalue weighted by molar-refractivity contribution is 5.93. The van der Waals surface area contributed by atoms with Gasteiger partial charge in [0.2, 0.25) is 5.91 Å². The Morgan fingerprint density at radius 3 is 2.79 bits per heavy atom. The van der Waals surface area contributed by atoms with Gasteiger partial charge in [0, 0.05) is 18.8 Å². The summed E-state index contributed by atoms with van der Waals surface area (Å²) in [6.07, 6.45) is 1.10. The fourth-order valence-corrected chi connectivity index (χ4v) is 2.59. The van der Waals surface area contributed by atoms with Gasteiger partial charge in [0.1, 0.15) is 5.60 Å². The largest absolute Gasteiger partial charge is 0.444 e. The van der Waals surface area contributed by atoms with Crippen molar-refractivity contribution in [3.63, 3.8) is 0 Å². The molecule has 1 fully saturated rings. The van der Waals surface area contributed by atoms with Gasteiger partial charge < -0.3 is 15.0 Å². The highest BCUT2D eigenvalue weighted by Gasteiger charge is 2.31. The highest BCUT2D eigenvalue weighted by Crippen LogP contribution is 2.21. The molecule has 0 aromatic heterocycles. The van der Waals surface area contributed by atoms with Crippen LogP contribution in [0.2, 0.25) is 0 Å². The summed E-state index contributed by atoms with van der Waals surface area (Å²) >= 11 is 0. The molecule has 1 unspecified atom stereocenters. The summed E-state index contributed by atoms with van der Waals surface area (Å²) in [6, 6.07) is 8.82. The smallest absolute Gasteiger partial charge is 0.410 e. The summed E-state index contributed by atoms with van der Waals surface area (Å²) < 4.78 is 5.37. The van der Waals surface area contributed by atoms with Gasteiger partial charge in [-0.25, -0.2) is 4.79 Å². The van der Waals surface area contributed by atoms with E-state index in [0.717, 1.165) is 12.8 Å². The molecule has 1 atom stereocenters. The van der Waals surface area contributed by atoms with E-state index in [-0.39, 0.29) is 17.9 Å². The maximum Gasteiger partial charge on any atom is 0.410 e. The first-order valence-electron chi connectivity index (χ1n) is 8.07. The molecule has 24 heavy (non-hydrogen) atoms. The predicted octanol–water partition coefficient (Wildman–Crippen LogP) is 3.14. The molecule has 0 spiro atoms. The molecule has 1 aromatic rings. The van der Waals surface area contributed by atoms with Crippen molar-refractivity contribution in [2.75, 3.05) is 18.4 Å². The third-order valence-corrected chi connectivity index (χ3v) is 3.70. The lowest BCUT2D eigenvalue weighted by atomic mass is 9.97. The topological polar surface area (TPSA) is 82.4 Å². The van der Waals surface area contributed by atoms with Gasteiger partial charge in [-0.2, -0.15) is 5.26 Å². The van der Waals surface area contributed by atoms with Crippen molar-refractivity contribution in [1.82, 2.24) is 4.90 Å². The first kappa shape index (κ1) is 17.8. The molecule has 1 aromatic carbocycles. The lowest BCUT2D eigenvalue weighted by Gasteiger charge is -2.33. The molecule has 128 valence electrons. The summed E-state index contributed by atoms with van der Waals surface area (Å²) in [7, 11) is 0. The summed E-state index contributed by atoms with van der Waals surface area (Å²) in [5, 5.41) is 11.7. The Balaban J connectivity index is 1.97. The molecular weight excluding hydrogens is 306 g/mol. The van der Waals surface area contributed by atoms with Crippen LogP contribution in [0.5, 0.6) is 0 Å². The summed E-state index contributed by atoms with van der Waals surface area (Å²) in [4.78, 5) is 26.2. The second-order valence-corrected chi connectivity index (χ2v) is 6.95. The third-order valence-electron chi connectivity index (χ3n) is 3.70.